The number of carbonyl (C=O) groups excluding carboxylic acids is 2. The van der Waals surface area contributed by atoms with Gasteiger partial charge in [-0.25, -0.2) is 4.98 Å². The van der Waals surface area contributed by atoms with Crippen molar-refractivity contribution in [2.45, 2.75) is 38.5 Å². The number of pyridine rings is 1. The summed E-state index contributed by atoms with van der Waals surface area (Å²) in [5.41, 5.74) is 3.93. The number of anilines is 1. The van der Waals surface area contributed by atoms with Gasteiger partial charge < -0.3 is 19.7 Å². The number of fused-ring (bicyclic) bond motifs is 2. The van der Waals surface area contributed by atoms with Gasteiger partial charge in [0.2, 0.25) is 12.7 Å². The Hall–Kier alpha value is -3.62. The lowest BCUT2D eigenvalue weighted by molar-refractivity contribution is -0.121. The molecular formula is C25H27N5O4. The molecular weight excluding hydrogens is 434 g/mol. The van der Waals surface area contributed by atoms with Crippen LogP contribution in [0, 0.1) is 12.8 Å². The summed E-state index contributed by atoms with van der Waals surface area (Å²) >= 11 is 0. The average Bonchev–Trinajstić information content (AvgIpc) is 3.53. The number of nitrogens with one attached hydrogen (secondary N) is 1. The van der Waals surface area contributed by atoms with E-state index in [0.29, 0.717) is 54.6 Å². The highest BCUT2D eigenvalue weighted by molar-refractivity contribution is 6.06. The zero-order chi connectivity index (χ0) is 23.4. The van der Waals surface area contributed by atoms with Gasteiger partial charge in [0.05, 0.1) is 16.6 Å². The van der Waals surface area contributed by atoms with E-state index in [4.69, 9.17) is 14.5 Å². The summed E-state index contributed by atoms with van der Waals surface area (Å²) in [6.07, 6.45) is 3.48. The van der Waals surface area contributed by atoms with Gasteiger partial charge in [0, 0.05) is 49.4 Å². The van der Waals surface area contributed by atoms with E-state index in [2.05, 4.69) is 10.4 Å². The first kappa shape index (κ1) is 20.9. The molecule has 2 aromatic heterocycles. The molecule has 3 aliphatic rings. The molecule has 2 fully saturated rings. The lowest BCUT2D eigenvalue weighted by Crippen LogP contribution is -2.41. The van der Waals surface area contributed by atoms with Crippen LogP contribution in [-0.4, -0.2) is 51.4 Å². The van der Waals surface area contributed by atoms with E-state index < -0.39 is 0 Å². The summed E-state index contributed by atoms with van der Waals surface area (Å²) in [6, 6.07) is 7.36. The topological polar surface area (TPSA) is 98.6 Å². The van der Waals surface area contributed by atoms with Gasteiger partial charge in [0.1, 0.15) is 0 Å². The number of rotatable bonds is 4. The fraction of sp³-hybridized carbons (Fsp3) is 0.440. The van der Waals surface area contributed by atoms with Gasteiger partial charge in [-0.2, -0.15) is 5.10 Å². The van der Waals surface area contributed by atoms with E-state index >= 15 is 0 Å². The van der Waals surface area contributed by atoms with Crippen LogP contribution >= 0.6 is 0 Å². The van der Waals surface area contributed by atoms with Crippen LogP contribution in [-0.2, 0) is 11.8 Å². The number of piperidine rings is 1. The third kappa shape index (κ3) is 3.65. The molecule has 0 unspecified atom stereocenters. The van der Waals surface area contributed by atoms with Crippen molar-refractivity contribution in [1.82, 2.24) is 19.7 Å². The maximum atomic E-state index is 13.6. The maximum Gasteiger partial charge on any atom is 0.254 e. The van der Waals surface area contributed by atoms with Crippen LogP contribution in [0.1, 0.15) is 53.3 Å². The summed E-state index contributed by atoms with van der Waals surface area (Å²) in [7, 11) is 1.87. The van der Waals surface area contributed by atoms with E-state index in [1.54, 1.807) is 16.8 Å². The van der Waals surface area contributed by atoms with Crippen LogP contribution in [0.3, 0.4) is 0 Å². The highest BCUT2D eigenvalue weighted by Gasteiger charge is 2.32. The van der Waals surface area contributed by atoms with Crippen molar-refractivity contribution in [1.29, 1.82) is 0 Å². The van der Waals surface area contributed by atoms with E-state index in [9.17, 15) is 9.59 Å². The predicted molar refractivity (Wildman–Crippen MR) is 125 cm³/mol. The predicted octanol–water partition coefficient (Wildman–Crippen LogP) is 3.37. The summed E-state index contributed by atoms with van der Waals surface area (Å²) in [6.45, 7) is 3.20. The SMILES string of the molecule is Cc1nn(C)c2nc(C3CC3)cc(C(=O)N3CCC(C(=O)Nc4ccc5c(c4)OCO5)CC3)c12. The van der Waals surface area contributed by atoms with Crippen molar-refractivity contribution in [3.8, 4) is 11.5 Å². The Bertz CT molecular complexity index is 1300. The number of benzene rings is 1. The molecule has 3 aromatic rings. The Morgan fingerprint density at radius 1 is 1.06 bits per heavy atom. The molecule has 0 radical (unpaired) electrons. The fourth-order valence-corrected chi connectivity index (χ4v) is 4.95. The molecule has 1 aromatic carbocycles. The van der Waals surface area contributed by atoms with Crippen molar-refractivity contribution in [2.24, 2.45) is 13.0 Å². The van der Waals surface area contributed by atoms with E-state index in [-0.39, 0.29) is 24.5 Å². The number of ether oxygens (including phenoxy) is 2. The molecule has 2 aliphatic heterocycles. The van der Waals surface area contributed by atoms with Gasteiger partial charge in [-0.1, -0.05) is 0 Å². The van der Waals surface area contributed by atoms with Gasteiger partial charge in [0.15, 0.2) is 17.1 Å². The molecule has 2 amide bonds. The molecule has 9 nitrogen and oxygen atoms in total. The monoisotopic (exact) mass is 461 g/mol. The average molecular weight is 462 g/mol. The van der Waals surface area contributed by atoms with E-state index in [1.807, 2.05) is 31.0 Å². The summed E-state index contributed by atoms with van der Waals surface area (Å²) in [4.78, 5) is 33.1. The molecule has 0 atom stereocenters. The number of aromatic nitrogens is 3. The molecule has 0 spiro atoms. The quantitative estimate of drug-likeness (QED) is 0.640. The van der Waals surface area contributed by atoms with Gasteiger partial charge in [-0.15, -0.1) is 0 Å². The molecule has 1 N–H and O–H groups in total. The van der Waals surface area contributed by atoms with Crippen molar-refractivity contribution >= 4 is 28.5 Å². The van der Waals surface area contributed by atoms with Crippen LogP contribution in [0.5, 0.6) is 11.5 Å². The molecule has 1 saturated carbocycles. The van der Waals surface area contributed by atoms with Crippen molar-refractivity contribution in [3.63, 3.8) is 0 Å². The lowest BCUT2D eigenvalue weighted by atomic mass is 9.95. The molecule has 9 heteroatoms. The standard InChI is InChI=1S/C25H27N5O4/c1-14-22-18(12-19(15-3-4-15)27-23(22)29(2)28-14)25(32)30-9-7-16(8-10-30)24(31)26-17-5-6-20-21(11-17)34-13-33-20/h5-6,11-12,15-16H,3-4,7-10,13H2,1-2H3,(H,26,31). The second kappa shape index (κ2) is 8.00. The van der Waals surface area contributed by atoms with Crippen LogP contribution in [0.4, 0.5) is 5.69 Å². The third-order valence-electron chi connectivity index (χ3n) is 7.01. The Morgan fingerprint density at radius 3 is 2.59 bits per heavy atom. The first-order valence-electron chi connectivity index (χ1n) is 11.8. The maximum absolute atomic E-state index is 13.6. The van der Waals surface area contributed by atoms with Crippen LogP contribution < -0.4 is 14.8 Å². The second-order valence-electron chi connectivity index (χ2n) is 9.40. The molecule has 176 valence electrons. The number of hydrogen-bond acceptors (Lipinski definition) is 6. The number of carbonyl (C=O) groups is 2. The van der Waals surface area contributed by atoms with Crippen molar-refractivity contribution in [2.75, 3.05) is 25.2 Å². The van der Waals surface area contributed by atoms with Crippen LogP contribution in [0.25, 0.3) is 11.0 Å². The largest absolute Gasteiger partial charge is 0.454 e. The van der Waals surface area contributed by atoms with Gasteiger partial charge in [-0.3, -0.25) is 14.3 Å². The third-order valence-corrected chi connectivity index (χ3v) is 7.01. The Balaban J connectivity index is 1.16. The fourth-order valence-electron chi connectivity index (χ4n) is 4.95. The minimum absolute atomic E-state index is 0.0000270. The summed E-state index contributed by atoms with van der Waals surface area (Å²) in [5, 5.41) is 8.32. The van der Waals surface area contributed by atoms with Crippen molar-refractivity contribution in [3.05, 3.63) is 41.2 Å². The molecule has 4 heterocycles. The second-order valence-corrected chi connectivity index (χ2v) is 9.40. The number of hydrogen-bond donors (Lipinski definition) is 1. The molecule has 0 bridgehead atoms. The summed E-state index contributed by atoms with van der Waals surface area (Å²) < 4.78 is 12.5. The minimum Gasteiger partial charge on any atom is -0.454 e. The Labute approximate surface area is 197 Å². The van der Waals surface area contributed by atoms with Gasteiger partial charge in [-0.05, 0) is 50.8 Å². The molecule has 1 aliphatic carbocycles. The smallest absolute Gasteiger partial charge is 0.254 e. The number of likely N-dealkylation sites (tertiary alicyclic amines) is 1. The first-order chi connectivity index (χ1) is 16.5. The summed E-state index contributed by atoms with van der Waals surface area (Å²) in [5.74, 6) is 1.59. The number of amides is 2. The van der Waals surface area contributed by atoms with Gasteiger partial charge >= 0.3 is 0 Å². The molecule has 6 rings (SSSR count). The highest BCUT2D eigenvalue weighted by atomic mass is 16.7. The van der Waals surface area contributed by atoms with E-state index in [1.165, 1.54) is 0 Å². The number of nitrogens with zero attached hydrogens (tertiary/aromatic N) is 4. The van der Waals surface area contributed by atoms with Crippen LogP contribution in [0.15, 0.2) is 24.3 Å². The molecule has 1 saturated heterocycles. The first-order valence-corrected chi connectivity index (χ1v) is 11.8. The minimum atomic E-state index is -0.144. The highest BCUT2D eigenvalue weighted by Crippen LogP contribution is 2.41. The number of aryl methyl sites for hydroxylation is 2. The lowest BCUT2D eigenvalue weighted by Gasteiger charge is -2.31. The molecule has 34 heavy (non-hydrogen) atoms. The zero-order valence-corrected chi connectivity index (χ0v) is 19.3. The normalized spacial score (nSPS) is 17.9. The van der Waals surface area contributed by atoms with Crippen LogP contribution in [0.2, 0.25) is 0 Å². The van der Waals surface area contributed by atoms with Crippen molar-refractivity contribution < 1.29 is 19.1 Å². The van der Waals surface area contributed by atoms with E-state index in [0.717, 1.165) is 35.3 Å². The Kier molecular flexibility index (Phi) is 4.93. The van der Waals surface area contributed by atoms with Gasteiger partial charge in [0.25, 0.3) is 5.91 Å². The zero-order valence-electron chi connectivity index (χ0n) is 19.3. The Morgan fingerprint density at radius 2 is 1.82 bits per heavy atom.